The number of likely N-dealkylation sites (N-methyl/N-ethyl adjacent to an activating group) is 1. The number of methoxy groups -OCH3 is 1. The lowest BCUT2D eigenvalue weighted by Gasteiger charge is -2.29. The lowest BCUT2D eigenvalue weighted by atomic mass is 9.97. The predicted molar refractivity (Wildman–Crippen MR) is 109 cm³/mol. The Labute approximate surface area is 161 Å². The van der Waals surface area contributed by atoms with Gasteiger partial charge in [-0.05, 0) is 48.2 Å². The number of benzene rings is 1. The molecule has 2 aromatic rings. The van der Waals surface area contributed by atoms with Crippen LogP contribution in [0.15, 0.2) is 41.8 Å². The van der Waals surface area contributed by atoms with Crippen molar-refractivity contribution >= 4 is 17.2 Å². The van der Waals surface area contributed by atoms with Crippen molar-refractivity contribution in [1.82, 2.24) is 10.2 Å². The molecular formula is C21H30N2O2S. The molecule has 0 fully saturated rings. The quantitative estimate of drug-likeness (QED) is 0.668. The van der Waals surface area contributed by atoms with Gasteiger partial charge in [0.2, 0.25) is 5.91 Å². The van der Waals surface area contributed by atoms with E-state index in [1.54, 1.807) is 18.4 Å². The average Bonchev–Trinajstić information content (AvgIpc) is 3.19. The Bertz CT molecular complexity index is 651. The van der Waals surface area contributed by atoms with Crippen LogP contribution in [0.25, 0.3) is 0 Å². The van der Waals surface area contributed by atoms with Gasteiger partial charge in [0.1, 0.15) is 5.75 Å². The van der Waals surface area contributed by atoms with Crippen LogP contribution in [0.4, 0.5) is 0 Å². The van der Waals surface area contributed by atoms with Gasteiger partial charge in [0.25, 0.3) is 0 Å². The van der Waals surface area contributed by atoms with E-state index in [0.29, 0.717) is 13.0 Å². The van der Waals surface area contributed by atoms with Crippen LogP contribution in [0.1, 0.15) is 49.6 Å². The van der Waals surface area contributed by atoms with E-state index in [1.165, 1.54) is 4.88 Å². The highest BCUT2D eigenvalue weighted by Crippen LogP contribution is 2.25. The van der Waals surface area contributed by atoms with Crippen LogP contribution in [0, 0.1) is 0 Å². The van der Waals surface area contributed by atoms with Gasteiger partial charge in [-0.2, -0.15) is 0 Å². The van der Waals surface area contributed by atoms with Crippen LogP contribution < -0.4 is 10.1 Å². The summed E-state index contributed by atoms with van der Waals surface area (Å²) in [5.74, 6) is 1.11. The first-order valence-electron chi connectivity index (χ1n) is 9.27. The van der Waals surface area contributed by atoms with Crippen molar-refractivity contribution in [3.8, 4) is 5.75 Å². The van der Waals surface area contributed by atoms with Gasteiger partial charge in [-0.3, -0.25) is 9.69 Å². The Morgan fingerprint density at radius 2 is 1.88 bits per heavy atom. The molecule has 142 valence electrons. The van der Waals surface area contributed by atoms with Gasteiger partial charge < -0.3 is 10.1 Å². The molecule has 0 saturated heterocycles. The maximum Gasteiger partial charge on any atom is 0.220 e. The molecule has 1 aromatic heterocycles. The molecule has 0 aliphatic carbocycles. The minimum atomic E-state index is 0.0991. The summed E-state index contributed by atoms with van der Waals surface area (Å²) in [6.07, 6.45) is 0.488. The molecule has 1 N–H and O–H groups in total. The molecule has 2 atom stereocenters. The van der Waals surface area contributed by atoms with Crippen LogP contribution >= 0.6 is 11.3 Å². The number of carbonyl (C=O) groups excluding carboxylic acids is 1. The first-order chi connectivity index (χ1) is 12.6. The average molecular weight is 375 g/mol. The monoisotopic (exact) mass is 374 g/mol. The number of nitrogens with zero attached hydrogens (tertiary/aromatic N) is 1. The molecule has 2 unspecified atom stereocenters. The maximum atomic E-state index is 12.5. The largest absolute Gasteiger partial charge is 0.497 e. The van der Waals surface area contributed by atoms with Crippen LogP contribution in [0.2, 0.25) is 0 Å². The number of carbonyl (C=O) groups is 1. The van der Waals surface area contributed by atoms with Crippen molar-refractivity contribution in [3.05, 3.63) is 52.2 Å². The van der Waals surface area contributed by atoms with Gasteiger partial charge in [0.05, 0.1) is 13.2 Å². The highest BCUT2D eigenvalue weighted by Gasteiger charge is 2.20. The van der Waals surface area contributed by atoms with Crippen molar-refractivity contribution in [2.75, 3.05) is 26.7 Å². The Hall–Kier alpha value is -1.85. The van der Waals surface area contributed by atoms with E-state index >= 15 is 0 Å². The molecule has 4 nitrogen and oxygen atoms in total. The van der Waals surface area contributed by atoms with Gasteiger partial charge in [0.15, 0.2) is 0 Å². The van der Waals surface area contributed by atoms with Crippen LogP contribution in [0.3, 0.4) is 0 Å². The fourth-order valence-electron chi connectivity index (χ4n) is 3.17. The minimum absolute atomic E-state index is 0.0991. The molecule has 0 radical (unpaired) electrons. The third-order valence-electron chi connectivity index (χ3n) is 4.79. The third kappa shape index (κ3) is 5.58. The molecule has 1 aromatic carbocycles. The van der Waals surface area contributed by atoms with Crippen molar-refractivity contribution in [2.24, 2.45) is 0 Å². The van der Waals surface area contributed by atoms with E-state index in [-0.39, 0.29) is 17.9 Å². The molecule has 0 aliphatic rings. The Kier molecular flexibility index (Phi) is 8.13. The summed E-state index contributed by atoms with van der Waals surface area (Å²) < 4.78 is 5.19. The molecular weight excluding hydrogens is 344 g/mol. The van der Waals surface area contributed by atoms with Crippen molar-refractivity contribution in [2.45, 2.75) is 39.2 Å². The zero-order valence-electron chi connectivity index (χ0n) is 16.2. The zero-order chi connectivity index (χ0) is 18.9. The van der Waals surface area contributed by atoms with E-state index in [4.69, 9.17) is 4.74 Å². The topological polar surface area (TPSA) is 41.6 Å². The van der Waals surface area contributed by atoms with Gasteiger partial charge in [-0.25, -0.2) is 0 Å². The Morgan fingerprint density at radius 1 is 1.19 bits per heavy atom. The summed E-state index contributed by atoms with van der Waals surface area (Å²) in [6.45, 7) is 9.00. The van der Waals surface area contributed by atoms with E-state index in [0.717, 1.165) is 24.4 Å². The second-order valence-corrected chi connectivity index (χ2v) is 7.41. The molecule has 1 amide bonds. The number of nitrogens with one attached hydrogen (secondary N) is 1. The summed E-state index contributed by atoms with van der Waals surface area (Å²) in [4.78, 5) is 16.2. The van der Waals surface area contributed by atoms with E-state index in [2.05, 4.69) is 48.5 Å². The van der Waals surface area contributed by atoms with E-state index in [1.807, 2.05) is 24.3 Å². The molecule has 0 aliphatic heterocycles. The molecule has 0 bridgehead atoms. The molecule has 2 rings (SSSR count). The summed E-state index contributed by atoms with van der Waals surface area (Å²) >= 11 is 1.75. The number of amides is 1. The normalized spacial score (nSPS) is 13.4. The molecule has 26 heavy (non-hydrogen) atoms. The van der Waals surface area contributed by atoms with Gasteiger partial charge in [0, 0.05) is 17.8 Å². The second-order valence-electron chi connectivity index (χ2n) is 6.43. The Balaban J connectivity index is 1.92. The fraction of sp³-hybridized carbons (Fsp3) is 0.476. The number of thiophene rings is 1. The van der Waals surface area contributed by atoms with Gasteiger partial charge in [-0.15, -0.1) is 11.3 Å². The second kappa shape index (κ2) is 10.3. The Morgan fingerprint density at radius 3 is 2.42 bits per heavy atom. The van der Waals surface area contributed by atoms with Crippen LogP contribution in [-0.4, -0.2) is 37.6 Å². The zero-order valence-corrected chi connectivity index (χ0v) is 17.0. The predicted octanol–water partition coefficient (Wildman–Crippen LogP) is 4.45. The van der Waals surface area contributed by atoms with Crippen molar-refractivity contribution < 1.29 is 9.53 Å². The molecule has 0 saturated carbocycles. The molecule has 0 spiro atoms. The molecule has 5 heteroatoms. The maximum absolute atomic E-state index is 12.5. The smallest absolute Gasteiger partial charge is 0.220 e. The highest BCUT2D eigenvalue weighted by molar-refractivity contribution is 7.10. The first-order valence-corrected chi connectivity index (χ1v) is 10.1. The summed E-state index contributed by atoms with van der Waals surface area (Å²) in [5.41, 5.74) is 1.15. The first kappa shape index (κ1) is 20.5. The lowest BCUT2D eigenvalue weighted by molar-refractivity contribution is -0.121. The van der Waals surface area contributed by atoms with E-state index < -0.39 is 0 Å². The van der Waals surface area contributed by atoms with Crippen molar-refractivity contribution in [1.29, 1.82) is 0 Å². The number of hydrogen-bond donors (Lipinski definition) is 1. The summed E-state index contributed by atoms with van der Waals surface area (Å²) in [7, 11) is 1.66. The third-order valence-corrected chi connectivity index (χ3v) is 5.77. The van der Waals surface area contributed by atoms with Gasteiger partial charge in [-0.1, -0.05) is 39.0 Å². The number of ether oxygens (including phenoxy) is 1. The van der Waals surface area contributed by atoms with Crippen LogP contribution in [0.5, 0.6) is 5.75 Å². The molecule has 1 heterocycles. The standard InChI is InChI=1S/C21H30N2O2S/c1-5-23(6-2)19(20-8-7-13-26-20)15-22-21(24)14-16(3)17-9-11-18(25-4)12-10-17/h7-13,16,19H,5-6,14-15H2,1-4H3,(H,22,24). The fourth-order valence-corrected chi connectivity index (χ4v) is 4.03. The van der Waals surface area contributed by atoms with Gasteiger partial charge >= 0.3 is 0 Å². The van der Waals surface area contributed by atoms with E-state index in [9.17, 15) is 4.79 Å². The highest BCUT2D eigenvalue weighted by atomic mass is 32.1. The lowest BCUT2D eigenvalue weighted by Crippen LogP contribution is -2.38. The number of rotatable bonds is 10. The summed E-state index contributed by atoms with van der Waals surface area (Å²) in [5, 5.41) is 5.24. The SMILES string of the molecule is CCN(CC)C(CNC(=O)CC(C)c1ccc(OC)cc1)c1cccs1. The summed E-state index contributed by atoms with van der Waals surface area (Å²) in [6, 6.07) is 12.4. The minimum Gasteiger partial charge on any atom is -0.497 e. The van der Waals surface area contributed by atoms with Crippen molar-refractivity contribution in [3.63, 3.8) is 0 Å². The van der Waals surface area contributed by atoms with Crippen LogP contribution in [-0.2, 0) is 4.79 Å². The number of hydrogen-bond acceptors (Lipinski definition) is 4.